The van der Waals surface area contributed by atoms with Crippen LogP contribution in [-0.4, -0.2) is 15.7 Å². The van der Waals surface area contributed by atoms with Crippen molar-refractivity contribution in [1.82, 2.24) is 9.78 Å². The summed E-state index contributed by atoms with van der Waals surface area (Å²) < 4.78 is 37.4. The molecule has 0 aliphatic heterocycles. The minimum atomic E-state index is -4.57. The van der Waals surface area contributed by atoms with Crippen LogP contribution in [0.1, 0.15) is 24.4 Å². The van der Waals surface area contributed by atoms with Crippen LogP contribution in [0.25, 0.3) is 0 Å². The Morgan fingerprint density at radius 2 is 2.13 bits per heavy atom. The fourth-order valence-corrected chi connectivity index (χ4v) is 1.12. The van der Waals surface area contributed by atoms with Crippen LogP contribution >= 0.6 is 0 Å². The normalized spacial score (nSPS) is 13.9. The number of aromatic nitrogens is 2. The second-order valence-corrected chi connectivity index (χ2v) is 3.11. The summed E-state index contributed by atoms with van der Waals surface area (Å²) >= 11 is 0. The highest BCUT2D eigenvalue weighted by atomic mass is 19.4. The molecular formula is C8H8F3N2O2-. The predicted octanol–water partition coefficient (Wildman–Crippen LogP) is 0.521. The van der Waals surface area contributed by atoms with Crippen molar-refractivity contribution in [2.45, 2.75) is 26.1 Å². The van der Waals surface area contributed by atoms with Gasteiger partial charge in [-0.15, -0.1) is 0 Å². The Bertz CT molecular complexity index is 384. The number of halogens is 3. The smallest absolute Gasteiger partial charge is 0.435 e. The summed E-state index contributed by atoms with van der Waals surface area (Å²) in [6.07, 6.45) is -4.57. The third-order valence-electron chi connectivity index (χ3n) is 1.92. The number of hydrogen-bond donors (Lipinski definition) is 0. The summed E-state index contributed by atoms with van der Waals surface area (Å²) in [7, 11) is 0. The van der Waals surface area contributed by atoms with Crippen LogP contribution in [0.4, 0.5) is 13.2 Å². The van der Waals surface area contributed by atoms with E-state index in [4.69, 9.17) is 0 Å². The Morgan fingerprint density at radius 1 is 1.60 bits per heavy atom. The summed E-state index contributed by atoms with van der Waals surface area (Å²) in [5.41, 5.74) is -0.980. The van der Waals surface area contributed by atoms with Gasteiger partial charge in [-0.05, 0) is 19.9 Å². The summed E-state index contributed by atoms with van der Waals surface area (Å²) in [6.45, 7) is 2.55. The molecule has 0 aliphatic rings. The Hall–Kier alpha value is -1.53. The van der Waals surface area contributed by atoms with E-state index in [1.54, 1.807) is 0 Å². The second kappa shape index (κ2) is 3.56. The molecule has 0 N–H and O–H groups in total. The van der Waals surface area contributed by atoms with E-state index in [0.29, 0.717) is 0 Å². The van der Waals surface area contributed by atoms with Crippen molar-refractivity contribution in [3.8, 4) is 0 Å². The first-order valence-corrected chi connectivity index (χ1v) is 4.07. The van der Waals surface area contributed by atoms with Crippen LogP contribution in [0, 0.1) is 6.92 Å². The molecule has 0 fully saturated rings. The molecule has 0 aliphatic carbocycles. The van der Waals surface area contributed by atoms with E-state index < -0.39 is 23.9 Å². The molecule has 1 atom stereocenters. The predicted molar refractivity (Wildman–Crippen MR) is 41.7 cm³/mol. The van der Waals surface area contributed by atoms with Gasteiger partial charge < -0.3 is 9.90 Å². The number of aryl methyl sites for hydroxylation is 1. The Morgan fingerprint density at radius 3 is 2.47 bits per heavy atom. The molecular weight excluding hydrogens is 213 g/mol. The van der Waals surface area contributed by atoms with Gasteiger partial charge in [0.25, 0.3) is 0 Å². The van der Waals surface area contributed by atoms with Crippen LogP contribution in [-0.2, 0) is 11.0 Å². The maximum absolute atomic E-state index is 12.2. The van der Waals surface area contributed by atoms with Gasteiger partial charge in [-0.25, -0.2) is 0 Å². The average Bonchev–Trinajstić information content (AvgIpc) is 2.45. The number of alkyl halides is 3. The first-order chi connectivity index (χ1) is 6.73. The van der Waals surface area contributed by atoms with Gasteiger partial charge in [0.05, 0.1) is 12.0 Å². The van der Waals surface area contributed by atoms with Crippen LogP contribution in [0.3, 0.4) is 0 Å². The molecule has 0 spiro atoms. The third-order valence-corrected chi connectivity index (χ3v) is 1.92. The number of carbonyl (C=O) groups is 1. The lowest BCUT2D eigenvalue weighted by atomic mass is 10.3. The molecule has 84 valence electrons. The topological polar surface area (TPSA) is 58.0 Å². The van der Waals surface area contributed by atoms with Gasteiger partial charge in [-0.2, -0.15) is 18.3 Å². The van der Waals surface area contributed by atoms with E-state index in [2.05, 4.69) is 5.10 Å². The maximum Gasteiger partial charge on any atom is 0.435 e. The number of carbonyl (C=O) groups excluding carboxylic acids is 1. The minimum absolute atomic E-state index is 0.124. The van der Waals surface area contributed by atoms with Gasteiger partial charge in [-0.3, -0.25) is 4.68 Å². The number of hydrogen-bond acceptors (Lipinski definition) is 3. The highest BCUT2D eigenvalue weighted by Crippen LogP contribution is 2.29. The summed E-state index contributed by atoms with van der Waals surface area (Å²) in [5, 5.41) is 13.6. The first-order valence-electron chi connectivity index (χ1n) is 4.07. The number of carboxylic acid groups (broad SMARTS) is 1. The molecule has 0 aromatic carbocycles. The van der Waals surface area contributed by atoms with Gasteiger partial charge in [-0.1, -0.05) is 0 Å². The van der Waals surface area contributed by atoms with Crippen molar-refractivity contribution in [2.75, 3.05) is 0 Å². The zero-order valence-electron chi connectivity index (χ0n) is 8.00. The van der Waals surface area contributed by atoms with Crippen molar-refractivity contribution < 1.29 is 23.1 Å². The van der Waals surface area contributed by atoms with Crippen molar-refractivity contribution >= 4 is 5.97 Å². The van der Waals surface area contributed by atoms with Crippen molar-refractivity contribution in [3.05, 3.63) is 17.5 Å². The van der Waals surface area contributed by atoms with Crippen LogP contribution in [0.2, 0.25) is 0 Å². The number of rotatable bonds is 2. The lowest BCUT2D eigenvalue weighted by Gasteiger charge is -2.14. The van der Waals surface area contributed by atoms with Gasteiger partial charge in [0.15, 0.2) is 5.69 Å². The maximum atomic E-state index is 12.2. The zero-order valence-corrected chi connectivity index (χ0v) is 8.00. The Labute approximate surface area is 83.3 Å². The molecule has 0 amide bonds. The van der Waals surface area contributed by atoms with Crippen molar-refractivity contribution in [1.29, 1.82) is 0 Å². The molecule has 1 heterocycles. The van der Waals surface area contributed by atoms with Crippen molar-refractivity contribution in [2.24, 2.45) is 0 Å². The fourth-order valence-electron chi connectivity index (χ4n) is 1.12. The average molecular weight is 221 g/mol. The van der Waals surface area contributed by atoms with Crippen molar-refractivity contribution in [3.63, 3.8) is 0 Å². The zero-order chi connectivity index (χ0) is 11.8. The van der Waals surface area contributed by atoms with Crippen LogP contribution in [0.15, 0.2) is 6.07 Å². The lowest BCUT2D eigenvalue weighted by molar-refractivity contribution is -0.310. The molecule has 1 aromatic rings. The van der Waals surface area contributed by atoms with Gasteiger partial charge in [0, 0.05) is 5.69 Å². The van der Waals surface area contributed by atoms with Crippen LogP contribution < -0.4 is 5.11 Å². The summed E-state index contributed by atoms with van der Waals surface area (Å²) in [4.78, 5) is 10.5. The molecule has 0 radical (unpaired) electrons. The third kappa shape index (κ3) is 2.28. The quantitative estimate of drug-likeness (QED) is 0.731. The standard InChI is InChI=1S/C8H9F3N2O2/c1-4-3-6(8(9,10)11)12-13(4)5(2)7(14)15/h3,5H,1-2H3,(H,14,15)/p-1/t5-/m0/s1. The molecule has 4 nitrogen and oxygen atoms in total. The molecule has 7 heteroatoms. The summed E-state index contributed by atoms with van der Waals surface area (Å²) in [6, 6.07) is -0.430. The Kier molecular flexibility index (Phi) is 2.74. The highest BCUT2D eigenvalue weighted by Gasteiger charge is 2.34. The highest BCUT2D eigenvalue weighted by molar-refractivity contribution is 5.68. The van der Waals surface area contributed by atoms with Crippen LogP contribution in [0.5, 0.6) is 0 Å². The summed E-state index contributed by atoms with van der Waals surface area (Å²) in [5.74, 6) is -1.48. The van der Waals surface area contributed by atoms with E-state index in [1.807, 2.05) is 0 Å². The SMILES string of the molecule is Cc1cc(C(F)(F)F)nn1[C@@H](C)C(=O)[O-]. The molecule has 0 bridgehead atoms. The van der Waals surface area contributed by atoms with E-state index >= 15 is 0 Å². The molecule has 1 aromatic heterocycles. The Balaban J connectivity index is 3.12. The number of aliphatic carboxylic acids is 1. The first kappa shape index (κ1) is 11.5. The van der Waals surface area contributed by atoms with E-state index in [1.165, 1.54) is 13.8 Å². The second-order valence-electron chi connectivity index (χ2n) is 3.11. The number of nitrogens with zero attached hydrogens (tertiary/aromatic N) is 2. The van der Waals surface area contributed by atoms with E-state index in [9.17, 15) is 23.1 Å². The molecule has 0 saturated heterocycles. The molecule has 15 heavy (non-hydrogen) atoms. The molecule has 1 rings (SSSR count). The monoisotopic (exact) mass is 221 g/mol. The van der Waals surface area contributed by atoms with E-state index in [-0.39, 0.29) is 5.69 Å². The van der Waals surface area contributed by atoms with Gasteiger partial charge in [0.1, 0.15) is 0 Å². The number of carboxylic acids is 1. The molecule has 0 unspecified atom stereocenters. The van der Waals surface area contributed by atoms with Gasteiger partial charge in [0.2, 0.25) is 0 Å². The minimum Gasteiger partial charge on any atom is -0.548 e. The largest absolute Gasteiger partial charge is 0.548 e. The fraction of sp³-hybridized carbons (Fsp3) is 0.500. The molecule has 0 saturated carbocycles. The van der Waals surface area contributed by atoms with E-state index in [0.717, 1.165) is 10.7 Å². The lowest BCUT2D eigenvalue weighted by Crippen LogP contribution is -2.32. The van der Waals surface area contributed by atoms with Gasteiger partial charge >= 0.3 is 6.18 Å².